The van der Waals surface area contributed by atoms with Crippen LogP contribution in [0.3, 0.4) is 0 Å². The van der Waals surface area contributed by atoms with Crippen LogP contribution in [0.1, 0.15) is 12.8 Å². The monoisotopic (exact) mass is 580 g/mol. The number of epoxide rings is 1. The largest absolute Gasteiger partial charge is 0.389 e. The fourth-order valence-electron chi connectivity index (χ4n) is 2.83. The molecule has 1 aliphatic heterocycles. The van der Waals surface area contributed by atoms with Gasteiger partial charge in [-0.3, -0.25) is 4.74 Å². The molecular weight excluding hydrogens is 567 g/mol. The minimum atomic E-state index is -8.48. The molecular formula is C15H13F17O4. The van der Waals surface area contributed by atoms with Gasteiger partial charge >= 0.3 is 59.4 Å². The zero-order chi connectivity index (χ0) is 29.2. The van der Waals surface area contributed by atoms with E-state index in [0.29, 0.717) is 14.2 Å². The summed E-state index contributed by atoms with van der Waals surface area (Å²) in [5.41, 5.74) is 0. The fourth-order valence-corrected chi connectivity index (χ4v) is 2.83. The van der Waals surface area contributed by atoms with Crippen LogP contribution in [-0.4, -0.2) is 80.7 Å². The maximum Gasteiger partial charge on any atom is 0.389 e. The van der Waals surface area contributed by atoms with Crippen molar-refractivity contribution in [1.82, 2.24) is 0 Å². The van der Waals surface area contributed by atoms with Crippen LogP contribution < -0.4 is 0 Å². The van der Waals surface area contributed by atoms with E-state index in [1.54, 1.807) is 0 Å². The third-order valence-corrected chi connectivity index (χ3v) is 5.03. The van der Waals surface area contributed by atoms with Crippen molar-refractivity contribution in [3.8, 4) is 0 Å². The first-order chi connectivity index (χ1) is 15.6. The van der Waals surface area contributed by atoms with Gasteiger partial charge in [-0.1, -0.05) is 0 Å². The average Bonchev–Trinajstić information content (AvgIpc) is 3.41. The molecule has 1 fully saturated rings. The normalized spacial score (nSPS) is 22.7. The van der Waals surface area contributed by atoms with Gasteiger partial charge in [0.15, 0.2) is 0 Å². The standard InChI is InChI=1S/C15H13F17O4/c1-33-14(15(34-2,35-3)36-14)13(31,32)12(29,30)11(27,28)10(25,26)9(23,24)8(21,22)6(16,17)4-5-7(18,19)20/h4-5H2,1-3H3. The lowest BCUT2D eigenvalue weighted by molar-refractivity contribution is -0.452. The molecule has 1 atom stereocenters. The molecule has 0 aromatic rings. The molecule has 216 valence electrons. The van der Waals surface area contributed by atoms with Crippen molar-refractivity contribution < 1.29 is 93.6 Å². The van der Waals surface area contributed by atoms with Gasteiger partial charge in [-0.2, -0.15) is 74.6 Å². The number of alkyl halides is 17. The van der Waals surface area contributed by atoms with Crippen molar-refractivity contribution in [1.29, 1.82) is 0 Å². The number of halogens is 17. The molecule has 1 rings (SSSR count). The summed E-state index contributed by atoms with van der Waals surface area (Å²) in [6.45, 7) is 0. The van der Waals surface area contributed by atoms with Crippen LogP contribution >= 0.6 is 0 Å². The first-order valence-corrected chi connectivity index (χ1v) is 8.67. The Hall–Kier alpha value is -1.35. The molecule has 1 aliphatic rings. The molecule has 0 amide bonds. The fraction of sp³-hybridized carbons (Fsp3) is 1.00. The quantitative estimate of drug-likeness (QED) is 0.159. The number of hydrogen-bond acceptors (Lipinski definition) is 4. The molecule has 0 aromatic heterocycles. The van der Waals surface area contributed by atoms with Gasteiger partial charge in [0.1, 0.15) is 0 Å². The van der Waals surface area contributed by atoms with Crippen LogP contribution in [0.4, 0.5) is 74.6 Å². The summed E-state index contributed by atoms with van der Waals surface area (Å²) in [7, 11) is 0.635. The van der Waals surface area contributed by atoms with E-state index in [-0.39, 0.29) is 7.11 Å². The maximum atomic E-state index is 14.4. The molecule has 0 N–H and O–H groups in total. The lowest BCUT2D eigenvalue weighted by Gasteiger charge is -2.43. The molecule has 36 heavy (non-hydrogen) atoms. The summed E-state index contributed by atoms with van der Waals surface area (Å²) in [5, 5.41) is 0. The van der Waals surface area contributed by atoms with E-state index >= 15 is 0 Å². The van der Waals surface area contributed by atoms with Gasteiger partial charge < -0.3 is 14.2 Å². The minimum absolute atomic E-state index is 0.00990. The van der Waals surface area contributed by atoms with Gasteiger partial charge in [-0.25, -0.2) is 0 Å². The molecule has 1 heterocycles. The summed E-state index contributed by atoms with van der Waals surface area (Å²) in [4.78, 5) is 0. The van der Waals surface area contributed by atoms with Crippen LogP contribution in [0.2, 0.25) is 0 Å². The highest BCUT2D eigenvalue weighted by Gasteiger charge is 3.00. The average molecular weight is 580 g/mol. The molecule has 21 heteroatoms. The Balaban J connectivity index is 3.62. The van der Waals surface area contributed by atoms with Crippen LogP contribution in [0.25, 0.3) is 0 Å². The van der Waals surface area contributed by atoms with Gasteiger partial charge in [-0.05, 0) is 0 Å². The molecule has 1 saturated heterocycles. The molecule has 0 saturated carbocycles. The molecule has 0 bridgehead atoms. The highest BCUT2D eigenvalue weighted by Crippen LogP contribution is 2.68. The van der Waals surface area contributed by atoms with Crippen LogP contribution in [0.5, 0.6) is 0 Å². The zero-order valence-corrected chi connectivity index (χ0v) is 17.5. The van der Waals surface area contributed by atoms with E-state index in [1.165, 1.54) is 0 Å². The summed E-state index contributed by atoms with van der Waals surface area (Å²) in [6, 6.07) is 0. The van der Waals surface area contributed by atoms with E-state index < -0.39 is 72.2 Å². The first-order valence-electron chi connectivity index (χ1n) is 8.67. The van der Waals surface area contributed by atoms with Gasteiger partial charge in [0.25, 0.3) is 0 Å². The minimum Gasteiger partial charge on any atom is -0.342 e. The Morgan fingerprint density at radius 3 is 1.17 bits per heavy atom. The van der Waals surface area contributed by atoms with E-state index in [9.17, 15) is 74.6 Å². The van der Waals surface area contributed by atoms with Gasteiger partial charge in [0.2, 0.25) is 0 Å². The topological polar surface area (TPSA) is 40.2 Å². The zero-order valence-electron chi connectivity index (χ0n) is 17.5. The third kappa shape index (κ3) is 3.98. The lowest BCUT2D eigenvalue weighted by atomic mass is 9.86. The van der Waals surface area contributed by atoms with E-state index in [0.717, 1.165) is 0 Å². The predicted molar refractivity (Wildman–Crippen MR) is 77.5 cm³/mol. The van der Waals surface area contributed by atoms with Gasteiger partial charge in [-0.15, -0.1) is 0 Å². The van der Waals surface area contributed by atoms with E-state index in [1.807, 2.05) is 0 Å². The third-order valence-electron chi connectivity index (χ3n) is 5.03. The summed E-state index contributed by atoms with van der Waals surface area (Å²) in [6.07, 6.45) is -12.2. The number of rotatable bonds is 12. The summed E-state index contributed by atoms with van der Waals surface area (Å²) >= 11 is 0. The Labute approximate surface area is 188 Å². The Bertz CT molecular complexity index is 804. The molecule has 0 aromatic carbocycles. The first kappa shape index (κ1) is 32.7. The van der Waals surface area contributed by atoms with Crippen molar-refractivity contribution in [2.45, 2.75) is 72.2 Å². The second kappa shape index (κ2) is 8.58. The summed E-state index contributed by atoms with van der Waals surface area (Å²) < 4.78 is 246. The van der Waals surface area contributed by atoms with Crippen LogP contribution in [0.15, 0.2) is 0 Å². The van der Waals surface area contributed by atoms with Gasteiger partial charge in [0, 0.05) is 34.2 Å². The smallest absolute Gasteiger partial charge is 0.342 e. The van der Waals surface area contributed by atoms with E-state index in [2.05, 4.69) is 18.9 Å². The second-order valence-electron chi connectivity index (χ2n) is 7.15. The molecule has 0 spiro atoms. The van der Waals surface area contributed by atoms with Crippen molar-refractivity contribution in [2.75, 3.05) is 21.3 Å². The van der Waals surface area contributed by atoms with Gasteiger partial charge in [0.05, 0.1) is 0 Å². The van der Waals surface area contributed by atoms with Crippen molar-refractivity contribution >= 4 is 0 Å². The predicted octanol–water partition coefficient (Wildman–Crippen LogP) is 6.10. The van der Waals surface area contributed by atoms with Crippen LogP contribution in [0, 0.1) is 0 Å². The number of methoxy groups -OCH3 is 3. The van der Waals surface area contributed by atoms with Crippen molar-refractivity contribution in [2.24, 2.45) is 0 Å². The Morgan fingerprint density at radius 2 is 0.861 bits per heavy atom. The molecule has 0 radical (unpaired) electrons. The lowest BCUT2D eigenvalue weighted by Crippen LogP contribution is -2.75. The second-order valence-corrected chi connectivity index (χ2v) is 7.15. The molecule has 0 aliphatic carbocycles. The number of hydrogen-bond donors (Lipinski definition) is 0. The molecule has 4 nitrogen and oxygen atoms in total. The van der Waals surface area contributed by atoms with Crippen molar-refractivity contribution in [3.05, 3.63) is 0 Å². The maximum absolute atomic E-state index is 14.4. The van der Waals surface area contributed by atoms with Crippen LogP contribution in [-0.2, 0) is 18.9 Å². The number of ether oxygens (including phenoxy) is 4. The highest BCUT2D eigenvalue weighted by molar-refractivity contribution is 5.20. The molecule has 1 unspecified atom stereocenters. The SMILES string of the molecule is COC1(OC)OC1(OC)C(F)(F)C(F)(F)C(F)(F)C(F)(F)C(F)(F)C(F)(F)C(F)(F)CCC(F)(F)F. The summed E-state index contributed by atoms with van der Waals surface area (Å²) in [5.74, 6) is -63.0. The highest BCUT2D eigenvalue weighted by atomic mass is 19.4. The van der Waals surface area contributed by atoms with E-state index in [4.69, 9.17) is 0 Å². The Kier molecular flexibility index (Phi) is 7.79. The van der Waals surface area contributed by atoms with Crippen molar-refractivity contribution in [3.63, 3.8) is 0 Å². The Morgan fingerprint density at radius 1 is 0.500 bits per heavy atom.